The topological polar surface area (TPSA) is 65.1 Å². The Morgan fingerprint density at radius 3 is 2.16 bits per heavy atom. The molecule has 0 bridgehead atoms. The maximum Gasteiger partial charge on any atom is 0.400 e. The molecule has 0 aromatic rings. The Balaban J connectivity index is 4.89. The zero-order valence-corrected chi connectivity index (χ0v) is 11.8. The molecule has 0 aromatic heterocycles. The summed E-state index contributed by atoms with van der Waals surface area (Å²) in [5, 5.41) is 11.0. The molecule has 3 N–H and O–H groups in total. The van der Waals surface area contributed by atoms with Crippen LogP contribution in [0.3, 0.4) is 0 Å². The van der Waals surface area contributed by atoms with Gasteiger partial charge >= 0.3 is 6.18 Å². The molecule has 0 fully saturated rings. The van der Waals surface area contributed by atoms with Crippen LogP contribution >= 0.6 is 0 Å². The summed E-state index contributed by atoms with van der Waals surface area (Å²) in [5.74, 6) is -2.76. The Morgan fingerprint density at radius 1 is 1.32 bits per heavy atom. The van der Waals surface area contributed by atoms with E-state index in [1.807, 2.05) is 25.9 Å². The molecule has 114 valence electrons. The maximum absolute atomic E-state index is 12.9. The molecule has 0 aliphatic rings. The highest BCUT2D eigenvalue weighted by Gasteiger charge is 2.44. The number of oxime groups is 1. The van der Waals surface area contributed by atoms with E-state index in [0.29, 0.717) is 13.1 Å². The molecular weight excluding hydrogens is 261 g/mol. The number of rotatable bonds is 7. The van der Waals surface area contributed by atoms with Crippen LogP contribution in [0.1, 0.15) is 13.8 Å². The number of hydrogen-bond acceptors (Lipinski definition) is 4. The Morgan fingerprint density at radius 2 is 1.84 bits per heavy atom. The van der Waals surface area contributed by atoms with Gasteiger partial charge in [-0.3, -0.25) is 4.90 Å². The van der Waals surface area contributed by atoms with Crippen LogP contribution in [0.5, 0.6) is 0 Å². The second-order valence-electron chi connectivity index (χ2n) is 4.82. The van der Waals surface area contributed by atoms with Crippen molar-refractivity contribution >= 4 is 5.84 Å². The minimum atomic E-state index is -4.53. The molecule has 0 rings (SSSR count). The SMILES string of the molecule is CCN(CC(C(N)=NO)C(F)(F)F)C(C)CN(C)C. The Labute approximate surface area is 111 Å². The van der Waals surface area contributed by atoms with Crippen LogP contribution in [0.2, 0.25) is 0 Å². The first-order valence-electron chi connectivity index (χ1n) is 6.06. The zero-order valence-electron chi connectivity index (χ0n) is 11.8. The van der Waals surface area contributed by atoms with E-state index in [-0.39, 0.29) is 12.6 Å². The molecule has 0 saturated heterocycles. The molecule has 5 nitrogen and oxygen atoms in total. The number of nitrogens with zero attached hydrogens (tertiary/aromatic N) is 3. The molecule has 0 saturated carbocycles. The zero-order chi connectivity index (χ0) is 15.2. The summed E-state index contributed by atoms with van der Waals surface area (Å²) in [6.45, 7) is 4.41. The highest BCUT2D eigenvalue weighted by atomic mass is 19.4. The van der Waals surface area contributed by atoms with Gasteiger partial charge in [0.1, 0.15) is 5.92 Å². The molecule has 0 aliphatic carbocycles. The molecule has 8 heteroatoms. The van der Waals surface area contributed by atoms with Crippen molar-refractivity contribution in [1.82, 2.24) is 9.80 Å². The molecule has 0 spiro atoms. The predicted molar refractivity (Wildman–Crippen MR) is 68.2 cm³/mol. The van der Waals surface area contributed by atoms with Gasteiger partial charge in [0.15, 0.2) is 5.84 Å². The van der Waals surface area contributed by atoms with Crippen LogP contribution in [0.4, 0.5) is 13.2 Å². The van der Waals surface area contributed by atoms with Crippen LogP contribution in [-0.2, 0) is 0 Å². The lowest BCUT2D eigenvalue weighted by molar-refractivity contribution is -0.161. The first kappa shape index (κ1) is 18.0. The first-order chi connectivity index (χ1) is 8.63. The Hall–Kier alpha value is -1.02. The monoisotopic (exact) mass is 284 g/mol. The fourth-order valence-corrected chi connectivity index (χ4v) is 1.93. The summed E-state index contributed by atoms with van der Waals surface area (Å²) >= 11 is 0. The van der Waals surface area contributed by atoms with Gasteiger partial charge in [-0.2, -0.15) is 13.2 Å². The van der Waals surface area contributed by atoms with E-state index in [2.05, 4.69) is 5.16 Å². The van der Waals surface area contributed by atoms with Gasteiger partial charge in [0.05, 0.1) is 0 Å². The molecule has 0 aliphatic heterocycles. The van der Waals surface area contributed by atoms with Crippen molar-refractivity contribution in [3.63, 3.8) is 0 Å². The molecule has 0 heterocycles. The summed E-state index contributed by atoms with van der Waals surface area (Å²) in [6, 6.07) is -0.0589. The van der Waals surface area contributed by atoms with Crippen molar-refractivity contribution in [2.45, 2.75) is 26.1 Å². The Bertz CT molecular complexity index is 294. The quantitative estimate of drug-likeness (QED) is 0.319. The van der Waals surface area contributed by atoms with Gasteiger partial charge in [-0.15, -0.1) is 0 Å². The van der Waals surface area contributed by atoms with Gasteiger partial charge in [0.25, 0.3) is 0 Å². The first-order valence-corrected chi connectivity index (χ1v) is 6.06. The predicted octanol–water partition coefficient (Wildman–Crippen LogP) is 1.18. The molecule has 19 heavy (non-hydrogen) atoms. The summed E-state index contributed by atoms with van der Waals surface area (Å²) in [7, 11) is 3.71. The average Bonchev–Trinajstić information content (AvgIpc) is 2.26. The van der Waals surface area contributed by atoms with Crippen LogP contribution in [0, 0.1) is 5.92 Å². The second kappa shape index (κ2) is 7.54. The van der Waals surface area contributed by atoms with Crippen molar-refractivity contribution in [3.8, 4) is 0 Å². The maximum atomic E-state index is 12.9. The van der Waals surface area contributed by atoms with Crippen molar-refractivity contribution in [1.29, 1.82) is 0 Å². The average molecular weight is 284 g/mol. The third kappa shape index (κ3) is 6.11. The van der Waals surface area contributed by atoms with E-state index in [0.717, 1.165) is 0 Å². The minimum Gasteiger partial charge on any atom is -0.409 e. The summed E-state index contributed by atoms with van der Waals surface area (Å²) in [5.41, 5.74) is 5.15. The van der Waals surface area contributed by atoms with Crippen LogP contribution in [0.15, 0.2) is 5.16 Å². The summed E-state index contributed by atoms with van der Waals surface area (Å²) in [6.07, 6.45) is -4.53. The van der Waals surface area contributed by atoms with E-state index >= 15 is 0 Å². The number of alkyl halides is 3. The summed E-state index contributed by atoms with van der Waals surface area (Å²) in [4.78, 5) is 3.57. The molecule has 2 atom stereocenters. The van der Waals surface area contributed by atoms with Gasteiger partial charge in [-0.1, -0.05) is 12.1 Å². The molecule has 0 amide bonds. The summed E-state index contributed by atoms with van der Waals surface area (Å²) < 4.78 is 38.6. The van der Waals surface area contributed by atoms with E-state index in [4.69, 9.17) is 10.9 Å². The molecular formula is C11H23F3N4O. The smallest absolute Gasteiger partial charge is 0.400 e. The van der Waals surface area contributed by atoms with Crippen molar-refractivity contribution < 1.29 is 18.4 Å². The van der Waals surface area contributed by atoms with Gasteiger partial charge in [-0.05, 0) is 27.6 Å². The normalized spacial score (nSPS) is 17.0. The van der Waals surface area contributed by atoms with Gasteiger partial charge < -0.3 is 15.8 Å². The Kier molecular flexibility index (Phi) is 7.14. The molecule has 0 aromatic carbocycles. The fraction of sp³-hybridized carbons (Fsp3) is 0.909. The van der Waals surface area contributed by atoms with E-state index < -0.39 is 17.9 Å². The lowest BCUT2D eigenvalue weighted by Gasteiger charge is -2.33. The number of nitrogens with two attached hydrogens (primary N) is 1. The van der Waals surface area contributed by atoms with Crippen LogP contribution in [0.25, 0.3) is 0 Å². The third-order valence-corrected chi connectivity index (χ3v) is 2.94. The van der Waals surface area contributed by atoms with Crippen LogP contribution < -0.4 is 5.73 Å². The second-order valence-corrected chi connectivity index (χ2v) is 4.82. The highest BCUT2D eigenvalue weighted by Crippen LogP contribution is 2.27. The third-order valence-electron chi connectivity index (χ3n) is 2.94. The van der Waals surface area contributed by atoms with Gasteiger partial charge in [0, 0.05) is 19.1 Å². The van der Waals surface area contributed by atoms with E-state index in [1.165, 1.54) is 0 Å². The van der Waals surface area contributed by atoms with Crippen LogP contribution in [-0.4, -0.2) is 66.8 Å². The largest absolute Gasteiger partial charge is 0.409 e. The number of hydrogen-bond donors (Lipinski definition) is 2. The molecule has 2 unspecified atom stereocenters. The lowest BCUT2D eigenvalue weighted by Crippen LogP contribution is -2.49. The minimum absolute atomic E-state index is 0.0589. The number of halogens is 3. The lowest BCUT2D eigenvalue weighted by atomic mass is 10.1. The fourth-order valence-electron chi connectivity index (χ4n) is 1.93. The van der Waals surface area contributed by atoms with Crippen molar-refractivity contribution in [3.05, 3.63) is 0 Å². The van der Waals surface area contributed by atoms with Gasteiger partial charge in [-0.25, -0.2) is 0 Å². The van der Waals surface area contributed by atoms with E-state index in [1.54, 1.807) is 11.8 Å². The van der Waals surface area contributed by atoms with Crippen molar-refractivity contribution in [2.75, 3.05) is 33.7 Å². The standard InChI is InChI=1S/C11H23F3N4O/c1-5-18(8(2)6-17(3)4)7-9(10(15)16-19)11(12,13)14/h8-9,19H,5-7H2,1-4H3,(H2,15,16). The highest BCUT2D eigenvalue weighted by molar-refractivity contribution is 5.83. The van der Waals surface area contributed by atoms with E-state index in [9.17, 15) is 13.2 Å². The number of amidine groups is 1. The molecule has 0 radical (unpaired) electrons. The van der Waals surface area contributed by atoms with Gasteiger partial charge in [0.2, 0.25) is 0 Å². The number of likely N-dealkylation sites (N-methyl/N-ethyl adjacent to an activating group) is 2. The van der Waals surface area contributed by atoms with Crippen molar-refractivity contribution in [2.24, 2.45) is 16.8 Å².